The Morgan fingerprint density at radius 1 is 0.889 bits per heavy atom. The molecule has 2 rings (SSSR count). The SMILES string of the molecule is CC(C)C1CNCCN1.CC(C)N1CCNCC1. The monoisotopic (exact) mass is 256 g/mol. The lowest BCUT2D eigenvalue weighted by Crippen LogP contribution is -2.50. The molecule has 4 heteroatoms. The van der Waals surface area contributed by atoms with Gasteiger partial charge in [0.2, 0.25) is 0 Å². The van der Waals surface area contributed by atoms with Crippen molar-refractivity contribution < 1.29 is 0 Å². The maximum atomic E-state index is 3.46. The third kappa shape index (κ3) is 6.14. The van der Waals surface area contributed by atoms with Gasteiger partial charge < -0.3 is 16.0 Å². The summed E-state index contributed by atoms with van der Waals surface area (Å²) in [5.41, 5.74) is 0. The smallest absolute Gasteiger partial charge is 0.0215 e. The first-order valence-electron chi connectivity index (χ1n) is 7.50. The van der Waals surface area contributed by atoms with Crippen LogP contribution in [-0.4, -0.2) is 62.8 Å². The zero-order chi connectivity index (χ0) is 13.4. The number of nitrogens with one attached hydrogen (secondary N) is 3. The van der Waals surface area contributed by atoms with Crippen molar-refractivity contribution in [3.63, 3.8) is 0 Å². The predicted molar refractivity (Wildman–Crippen MR) is 79.1 cm³/mol. The van der Waals surface area contributed by atoms with Crippen molar-refractivity contribution in [1.82, 2.24) is 20.9 Å². The topological polar surface area (TPSA) is 39.3 Å². The van der Waals surface area contributed by atoms with Gasteiger partial charge in [0.1, 0.15) is 0 Å². The molecular weight excluding hydrogens is 224 g/mol. The van der Waals surface area contributed by atoms with Crippen LogP contribution in [0.15, 0.2) is 0 Å². The molecule has 0 spiro atoms. The standard InChI is InChI=1S/2C7H16N2/c1-7(2)9-5-3-8-4-6-9;1-6(2)7-5-8-3-4-9-7/h7-8H,3-6H2,1-2H3;6-9H,3-5H2,1-2H3. The highest BCUT2D eigenvalue weighted by molar-refractivity contribution is 4.77. The molecule has 0 aromatic carbocycles. The molecule has 1 atom stereocenters. The van der Waals surface area contributed by atoms with E-state index in [1.165, 1.54) is 13.1 Å². The van der Waals surface area contributed by atoms with E-state index in [4.69, 9.17) is 0 Å². The Bertz CT molecular complexity index is 172. The van der Waals surface area contributed by atoms with Crippen LogP contribution in [-0.2, 0) is 0 Å². The van der Waals surface area contributed by atoms with Crippen molar-refractivity contribution in [3.8, 4) is 0 Å². The van der Waals surface area contributed by atoms with E-state index >= 15 is 0 Å². The Kier molecular flexibility index (Phi) is 7.82. The molecule has 2 heterocycles. The minimum absolute atomic E-state index is 0.693. The zero-order valence-electron chi connectivity index (χ0n) is 12.6. The van der Waals surface area contributed by atoms with Crippen LogP contribution in [0.5, 0.6) is 0 Å². The van der Waals surface area contributed by atoms with Gasteiger partial charge >= 0.3 is 0 Å². The van der Waals surface area contributed by atoms with Gasteiger partial charge in [-0.25, -0.2) is 0 Å². The maximum absolute atomic E-state index is 3.46. The fourth-order valence-electron chi connectivity index (χ4n) is 2.35. The molecule has 0 bridgehead atoms. The number of piperazine rings is 2. The van der Waals surface area contributed by atoms with Crippen molar-refractivity contribution in [2.75, 3.05) is 45.8 Å². The van der Waals surface area contributed by atoms with Gasteiger partial charge in [0, 0.05) is 57.9 Å². The summed E-state index contributed by atoms with van der Waals surface area (Å²) in [6, 6.07) is 1.42. The van der Waals surface area contributed by atoms with Gasteiger partial charge in [-0.1, -0.05) is 13.8 Å². The summed E-state index contributed by atoms with van der Waals surface area (Å²) in [5, 5.41) is 10.1. The first-order valence-corrected chi connectivity index (χ1v) is 7.50. The van der Waals surface area contributed by atoms with E-state index in [1.807, 2.05) is 0 Å². The summed E-state index contributed by atoms with van der Waals surface area (Å²) >= 11 is 0. The molecule has 3 N–H and O–H groups in total. The van der Waals surface area contributed by atoms with Crippen molar-refractivity contribution in [3.05, 3.63) is 0 Å². The summed E-state index contributed by atoms with van der Waals surface area (Å²) in [6.07, 6.45) is 0. The van der Waals surface area contributed by atoms with E-state index in [1.54, 1.807) is 0 Å². The van der Waals surface area contributed by atoms with Crippen LogP contribution in [0.1, 0.15) is 27.7 Å². The van der Waals surface area contributed by atoms with Gasteiger partial charge in [-0.05, 0) is 19.8 Å². The number of hydrogen-bond donors (Lipinski definition) is 3. The molecule has 2 fully saturated rings. The van der Waals surface area contributed by atoms with Gasteiger partial charge in [0.05, 0.1) is 0 Å². The summed E-state index contributed by atoms with van der Waals surface area (Å²) in [7, 11) is 0. The molecule has 2 aliphatic heterocycles. The van der Waals surface area contributed by atoms with Crippen LogP contribution in [0.3, 0.4) is 0 Å². The van der Waals surface area contributed by atoms with Crippen LogP contribution in [0.2, 0.25) is 0 Å². The highest BCUT2D eigenvalue weighted by atomic mass is 15.2. The molecule has 0 aromatic heterocycles. The normalized spacial score (nSPS) is 26.0. The van der Waals surface area contributed by atoms with E-state index in [-0.39, 0.29) is 0 Å². The van der Waals surface area contributed by atoms with Crippen LogP contribution in [0, 0.1) is 5.92 Å². The van der Waals surface area contributed by atoms with Gasteiger partial charge in [-0.15, -0.1) is 0 Å². The van der Waals surface area contributed by atoms with E-state index < -0.39 is 0 Å². The first-order chi connectivity index (χ1) is 8.61. The van der Waals surface area contributed by atoms with Crippen molar-refractivity contribution in [1.29, 1.82) is 0 Å². The Morgan fingerprint density at radius 2 is 1.56 bits per heavy atom. The fraction of sp³-hybridized carbons (Fsp3) is 1.00. The summed E-state index contributed by atoms with van der Waals surface area (Å²) in [4.78, 5) is 2.50. The van der Waals surface area contributed by atoms with Crippen LogP contribution in [0.25, 0.3) is 0 Å². The second-order valence-electron chi connectivity index (χ2n) is 5.89. The molecule has 2 aliphatic rings. The van der Waals surface area contributed by atoms with Crippen molar-refractivity contribution in [2.45, 2.75) is 39.8 Å². The molecule has 1 unspecified atom stereocenters. The maximum Gasteiger partial charge on any atom is 0.0215 e. The molecule has 0 saturated carbocycles. The number of nitrogens with zero attached hydrogens (tertiary/aromatic N) is 1. The lowest BCUT2D eigenvalue weighted by atomic mass is 10.0. The minimum atomic E-state index is 0.693. The third-order valence-corrected chi connectivity index (χ3v) is 3.76. The van der Waals surface area contributed by atoms with Crippen molar-refractivity contribution >= 4 is 0 Å². The minimum Gasteiger partial charge on any atom is -0.314 e. The van der Waals surface area contributed by atoms with Crippen molar-refractivity contribution in [2.24, 2.45) is 5.92 Å². The Hall–Kier alpha value is -0.160. The van der Waals surface area contributed by atoms with Crippen LogP contribution in [0.4, 0.5) is 0 Å². The zero-order valence-corrected chi connectivity index (χ0v) is 12.6. The molecule has 4 nitrogen and oxygen atoms in total. The molecule has 108 valence electrons. The summed E-state index contributed by atoms with van der Waals surface area (Å²) in [6.45, 7) is 17.2. The Labute approximate surface area is 113 Å². The highest BCUT2D eigenvalue weighted by Gasteiger charge is 2.14. The van der Waals surface area contributed by atoms with E-state index in [2.05, 4.69) is 48.5 Å². The largest absolute Gasteiger partial charge is 0.314 e. The number of rotatable bonds is 2. The molecular formula is C14H32N4. The Balaban J connectivity index is 0.000000180. The molecule has 0 aromatic rings. The van der Waals surface area contributed by atoms with Crippen LogP contribution >= 0.6 is 0 Å². The highest BCUT2D eigenvalue weighted by Crippen LogP contribution is 2.01. The van der Waals surface area contributed by atoms with E-state index in [0.717, 1.165) is 44.7 Å². The average molecular weight is 256 g/mol. The molecule has 0 radical (unpaired) electrons. The lowest BCUT2D eigenvalue weighted by Gasteiger charge is -2.30. The average Bonchev–Trinajstić information content (AvgIpc) is 2.41. The molecule has 2 saturated heterocycles. The van der Waals surface area contributed by atoms with Gasteiger partial charge in [-0.2, -0.15) is 0 Å². The number of hydrogen-bond acceptors (Lipinski definition) is 4. The summed E-state index contributed by atoms with van der Waals surface area (Å²) in [5.74, 6) is 0.762. The molecule has 0 amide bonds. The lowest BCUT2D eigenvalue weighted by molar-refractivity contribution is 0.196. The van der Waals surface area contributed by atoms with Gasteiger partial charge in [-0.3, -0.25) is 4.90 Å². The van der Waals surface area contributed by atoms with E-state index in [9.17, 15) is 0 Å². The van der Waals surface area contributed by atoms with Gasteiger partial charge in [0.15, 0.2) is 0 Å². The first kappa shape index (κ1) is 15.9. The second kappa shape index (κ2) is 8.86. The fourth-order valence-corrected chi connectivity index (χ4v) is 2.35. The second-order valence-corrected chi connectivity index (χ2v) is 5.89. The van der Waals surface area contributed by atoms with Gasteiger partial charge in [0.25, 0.3) is 0 Å². The van der Waals surface area contributed by atoms with E-state index in [0.29, 0.717) is 6.04 Å². The summed E-state index contributed by atoms with van der Waals surface area (Å²) < 4.78 is 0. The molecule has 0 aliphatic carbocycles. The quantitative estimate of drug-likeness (QED) is 0.673. The van der Waals surface area contributed by atoms with Crippen LogP contribution < -0.4 is 16.0 Å². The molecule has 18 heavy (non-hydrogen) atoms. The third-order valence-electron chi connectivity index (χ3n) is 3.76. The predicted octanol–water partition coefficient (Wildman–Crippen LogP) is 0.504. The Morgan fingerprint density at radius 3 is 1.89 bits per heavy atom.